The van der Waals surface area contributed by atoms with E-state index in [1.54, 1.807) is 13.2 Å². The minimum atomic E-state index is -0.0585. The molecule has 0 aromatic carbocycles. The highest BCUT2D eigenvalue weighted by atomic mass is 79.9. The molecule has 72 valence electrons. The van der Waals surface area contributed by atoms with Crippen LogP contribution in [0.15, 0.2) is 10.7 Å². The molecule has 0 spiro atoms. The zero-order chi connectivity index (χ0) is 10.1. The summed E-state index contributed by atoms with van der Waals surface area (Å²) in [6.07, 6.45) is 0. The lowest BCUT2D eigenvalue weighted by atomic mass is 9.96. The average molecular weight is 245 g/mol. The molecule has 0 N–H and O–H groups in total. The van der Waals surface area contributed by atoms with Gasteiger partial charge >= 0.3 is 0 Å². The predicted octanol–water partition coefficient (Wildman–Crippen LogP) is 2.55. The Kier molecular flexibility index (Phi) is 2.91. The van der Waals surface area contributed by atoms with Gasteiger partial charge in [-0.3, -0.25) is 0 Å². The van der Waals surface area contributed by atoms with Crippen molar-refractivity contribution in [2.45, 2.75) is 26.2 Å². The molecular formula is C9H13BrN2O. The van der Waals surface area contributed by atoms with E-state index in [-0.39, 0.29) is 5.41 Å². The summed E-state index contributed by atoms with van der Waals surface area (Å²) >= 11 is 3.32. The molecule has 3 nitrogen and oxygen atoms in total. The van der Waals surface area contributed by atoms with Crippen LogP contribution in [0.25, 0.3) is 0 Å². The van der Waals surface area contributed by atoms with Crippen LogP contribution in [0, 0.1) is 0 Å². The Hall–Kier alpha value is -0.640. The fourth-order valence-corrected chi connectivity index (χ4v) is 1.20. The Labute approximate surface area is 86.7 Å². The zero-order valence-electron chi connectivity index (χ0n) is 8.26. The van der Waals surface area contributed by atoms with Gasteiger partial charge in [-0.1, -0.05) is 20.8 Å². The monoisotopic (exact) mass is 244 g/mol. The molecule has 0 saturated carbocycles. The lowest BCUT2D eigenvalue weighted by molar-refractivity contribution is 0.388. The highest BCUT2D eigenvalue weighted by molar-refractivity contribution is 9.10. The number of hydrogen-bond acceptors (Lipinski definition) is 3. The fourth-order valence-electron chi connectivity index (χ4n) is 0.837. The summed E-state index contributed by atoms with van der Waals surface area (Å²) in [4.78, 5) is 8.54. The van der Waals surface area contributed by atoms with Gasteiger partial charge in [0.25, 0.3) is 0 Å². The normalized spacial score (nSPS) is 11.5. The number of nitrogens with zero attached hydrogens (tertiary/aromatic N) is 2. The smallest absolute Gasteiger partial charge is 0.217 e. The number of halogens is 1. The van der Waals surface area contributed by atoms with Crippen LogP contribution in [0.2, 0.25) is 0 Å². The van der Waals surface area contributed by atoms with Crippen molar-refractivity contribution in [1.82, 2.24) is 9.97 Å². The van der Waals surface area contributed by atoms with E-state index in [0.717, 1.165) is 10.4 Å². The van der Waals surface area contributed by atoms with Crippen molar-refractivity contribution in [2.24, 2.45) is 0 Å². The third-order valence-electron chi connectivity index (χ3n) is 1.55. The molecule has 1 heterocycles. The van der Waals surface area contributed by atoms with Crippen LogP contribution < -0.4 is 4.74 Å². The highest BCUT2D eigenvalue weighted by Crippen LogP contribution is 2.22. The van der Waals surface area contributed by atoms with Crippen LogP contribution in [0.5, 0.6) is 5.88 Å². The van der Waals surface area contributed by atoms with Crippen LogP contribution in [0.3, 0.4) is 0 Å². The molecule has 0 radical (unpaired) electrons. The van der Waals surface area contributed by atoms with Crippen LogP contribution in [0.4, 0.5) is 0 Å². The standard InChI is InChI=1S/C9H13BrN2O/c1-9(2,3)8-11-6(10)5-7(12-8)13-4/h5H,1-4H3. The Morgan fingerprint density at radius 3 is 2.38 bits per heavy atom. The largest absolute Gasteiger partial charge is 0.481 e. The van der Waals surface area contributed by atoms with Crippen molar-refractivity contribution >= 4 is 15.9 Å². The van der Waals surface area contributed by atoms with E-state index >= 15 is 0 Å². The summed E-state index contributed by atoms with van der Waals surface area (Å²) in [6, 6.07) is 1.75. The SMILES string of the molecule is COc1cc(Br)nc(C(C)(C)C)n1. The van der Waals surface area contributed by atoms with E-state index in [4.69, 9.17) is 4.74 Å². The van der Waals surface area contributed by atoms with Gasteiger partial charge in [-0.15, -0.1) is 0 Å². The number of methoxy groups -OCH3 is 1. The quantitative estimate of drug-likeness (QED) is 0.713. The van der Waals surface area contributed by atoms with Crippen molar-refractivity contribution < 1.29 is 4.74 Å². The molecule has 0 unspecified atom stereocenters. The lowest BCUT2D eigenvalue weighted by Crippen LogP contribution is -2.16. The molecule has 0 amide bonds. The van der Waals surface area contributed by atoms with Gasteiger partial charge in [0.1, 0.15) is 10.4 Å². The van der Waals surface area contributed by atoms with Gasteiger partial charge in [-0.25, -0.2) is 4.98 Å². The van der Waals surface area contributed by atoms with Crippen molar-refractivity contribution in [3.05, 3.63) is 16.5 Å². The summed E-state index contributed by atoms with van der Waals surface area (Å²) in [5.74, 6) is 1.37. The van der Waals surface area contributed by atoms with Gasteiger partial charge < -0.3 is 4.74 Å². The van der Waals surface area contributed by atoms with E-state index < -0.39 is 0 Å². The van der Waals surface area contributed by atoms with E-state index in [1.807, 2.05) is 0 Å². The first kappa shape index (κ1) is 10.4. The molecule has 0 aliphatic heterocycles. The molecule has 13 heavy (non-hydrogen) atoms. The summed E-state index contributed by atoms with van der Waals surface area (Å²) in [6.45, 7) is 6.19. The maximum Gasteiger partial charge on any atom is 0.217 e. The van der Waals surface area contributed by atoms with E-state index in [0.29, 0.717) is 5.88 Å². The molecule has 1 aromatic rings. The Morgan fingerprint density at radius 2 is 1.92 bits per heavy atom. The second-order valence-electron chi connectivity index (χ2n) is 3.81. The van der Waals surface area contributed by atoms with Gasteiger partial charge in [-0.2, -0.15) is 4.98 Å². The van der Waals surface area contributed by atoms with Gasteiger partial charge in [0, 0.05) is 11.5 Å². The highest BCUT2D eigenvalue weighted by Gasteiger charge is 2.18. The first-order valence-electron chi connectivity index (χ1n) is 4.02. The molecule has 1 aromatic heterocycles. The van der Waals surface area contributed by atoms with Crippen LogP contribution in [-0.4, -0.2) is 17.1 Å². The van der Waals surface area contributed by atoms with Crippen molar-refractivity contribution in [3.8, 4) is 5.88 Å². The second kappa shape index (κ2) is 3.62. The summed E-state index contributed by atoms with van der Waals surface area (Å²) in [7, 11) is 1.60. The fraction of sp³-hybridized carbons (Fsp3) is 0.556. The minimum Gasteiger partial charge on any atom is -0.481 e. The zero-order valence-corrected chi connectivity index (χ0v) is 9.84. The molecule has 0 aliphatic carbocycles. The van der Waals surface area contributed by atoms with Crippen LogP contribution >= 0.6 is 15.9 Å². The lowest BCUT2D eigenvalue weighted by Gasteiger charge is -2.16. The predicted molar refractivity (Wildman–Crippen MR) is 55.0 cm³/mol. The first-order valence-corrected chi connectivity index (χ1v) is 4.82. The van der Waals surface area contributed by atoms with Crippen LogP contribution in [-0.2, 0) is 5.41 Å². The summed E-state index contributed by atoms with van der Waals surface area (Å²) < 4.78 is 5.80. The Morgan fingerprint density at radius 1 is 1.31 bits per heavy atom. The average Bonchev–Trinajstić information content (AvgIpc) is 2.01. The maximum absolute atomic E-state index is 5.05. The number of hydrogen-bond donors (Lipinski definition) is 0. The molecule has 0 aliphatic rings. The summed E-state index contributed by atoms with van der Waals surface area (Å²) in [5.41, 5.74) is -0.0585. The molecule has 1 rings (SSSR count). The maximum atomic E-state index is 5.05. The number of rotatable bonds is 1. The topological polar surface area (TPSA) is 35.0 Å². The molecule has 0 fully saturated rings. The van der Waals surface area contributed by atoms with Crippen molar-refractivity contribution in [1.29, 1.82) is 0 Å². The molecule has 0 bridgehead atoms. The van der Waals surface area contributed by atoms with E-state index in [1.165, 1.54) is 0 Å². The van der Waals surface area contributed by atoms with Crippen molar-refractivity contribution in [2.75, 3.05) is 7.11 Å². The Bertz CT molecular complexity index is 307. The second-order valence-corrected chi connectivity index (χ2v) is 4.62. The van der Waals surface area contributed by atoms with Crippen LogP contribution in [0.1, 0.15) is 26.6 Å². The van der Waals surface area contributed by atoms with Gasteiger partial charge in [0.15, 0.2) is 0 Å². The Balaban J connectivity index is 3.16. The third kappa shape index (κ3) is 2.66. The minimum absolute atomic E-state index is 0.0585. The van der Waals surface area contributed by atoms with Gasteiger partial charge in [0.2, 0.25) is 5.88 Å². The molecule has 0 atom stereocenters. The molecular weight excluding hydrogens is 232 g/mol. The van der Waals surface area contributed by atoms with E-state index in [2.05, 4.69) is 46.7 Å². The summed E-state index contributed by atoms with van der Waals surface area (Å²) in [5, 5.41) is 0. The van der Waals surface area contributed by atoms with Gasteiger partial charge in [0.05, 0.1) is 7.11 Å². The van der Waals surface area contributed by atoms with E-state index in [9.17, 15) is 0 Å². The molecule has 0 saturated heterocycles. The number of ether oxygens (including phenoxy) is 1. The third-order valence-corrected chi connectivity index (χ3v) is 1.96. The number of aromatic nitrogens is 2. The first-order chi connectivity index (χ1) is 5.93. The van der Waals surface area contributed by atoms with Crippen molar-refractivity contribution in [3.63, 3.8) is 0 Å². The van der Waals surface area contributed by atoms with Gasteiger partial charge in [-0.05, 0) is 15.9 Å². The molecule has 4 heteroatoms.